The van der Waals surface area contributed by atoms with Gasteiger partial charge in [-0.05, 0) is 64.7 Å². The highest BCUT2D eigenvalue weighted by molar-refractivity contribution is 5.94. The Morgan fingerprint density at radius 2 is 1.39 bits per heavy atom. The van der Waals surface area contributed by atoms with Gasteiger partial charge in [-0.25, -0.2) is 0 Å². The third kappa shape index (κ3) is 5.87. The van der Waals surface area contributed by atoms with Gasteiger partial charge in [0, 0.05) is 11.0 Å². The van der Waals surface area contributed by atoms with Gasteiger partial charge in [-0.15, -0.1) is 0 Å². The Kier molecular flexibility index (Phi) is 7.59. The second-order valence-electron chi connectivity index (χ2n) is 9.19. The second-order valence-corrected chi connectivity index (χ2v) is 9.19. The Bertz CT molecular complexity index is 1320. The summed E-state index contributed by atoms with van der Waals surface area (Å²) >= 11 is 0. The Hall–Kier alpha value is -4.25. The Labute approximate surface area is 213 Å². The van der Waals surface area contributed by atoms with Crippen LogP contribution in [-0.2, 0) is 18.6 Å². The van der Waals surface area contributed by atoms with Gasteiger partial charge in [-0.2, -0.15) is 0 Å². The molecular formula is C31H32N2O3. The van der Waals surface area contributed by atoms with Gasteiger partial charge in [0.1, 0.15) is 24.8 Å². The quantitative estimate of drug-likeness (QED) is 0.202. The minimum absolute atomic E-state index is 0.0417. The summed E-state index contributed by atoms with van der Waals surface area (Å²) in [6, 6.07) is 31.9. The first-order valence-electron chi connectivity index (χ1n) is 11.9. The van der Waals surface area contributed by atoms with Crippen LogP contribution in [0.3, 0.4) is 0 Å². The highest BCUT2D eigenvalue weighted by Crippen LogP contribution is 2.37. The lowest BCUT2D eigenvalue weighted by molar-refractivity contribution is 0.282. The molecule has 0 spiro atoms. The van der Waals surface area contributed by atoms with Gasteiger partial charge in [0.25, 0.3) is 0 Å². The molecule has 0 saturated heterocycles. The maximum Gasteiger partial charge on any atom is 0.161 e. The molecule has 0 fully saturated rings. The van der Waals surface area contributed by atoms with Gasteiger partial charge in [-0.3, -0.25) is 5.41 Å². The van der Waals surface area contributed by atoms with E-state index in [-0.39, 0.29) is 11.3 Å². The molecule has 0 amide bonds. The molecule has 0 saturated carbocycles. The van der Waals surface area contributed by atoms with Crippen molar-refractivity contribution in [3.8, 4) is 17.2 Å². The Balaban J connectivity index is 1.45. The molecule has 0 radical (unpaired) electrons. The molecule has 3 N–H and O–H groups in total. The van der Waals surface area contributed by atoms with Crippen LogP contribution in [0.4, 0.5) is 0 Å². The highest BCUT2D eigenvalue weighted by atomic mass is 16.5. The average Bonchev–Trinajstić information content (AvgIpc) is 2.91. The van der Waals surface area contributed by atoms with Crippen LogP contribution in [-0.4, -0.2) is 12.9 Å². The number of benzene rings is 4. The standard InChI is InChI=1S/C31H32N2O3/c1-31(2,25-10-5-4-6-11-25)26-14-17-28(34-3)29(19-26)36-21-23-9-7-8-22(18-23)20-35-27-15-12-24(13-16-27)30(32)33/h4-19H,20-21H2,1-3H3,(H3,32,33). The lowest BCUT2D eigenvalue weighted by atomic mass is 9.78. The molecule has 5 heteroatoms. The lowest BCUT2D eigenvalue weighted by Gasteiger charge is -2.27. The van der Waals surface area contributed by atoms with Crippen LogP contribution in [0.25, 0.3) is 0 Å². The van der Waals surface area contributed by atoms with Crippen LogP contribution in [0, 0.1) is 5.41 Å². The first-order chi connectivity index (χ1) is 17.4. The van der Waals surface area contributed by atoms with Crippen molar-refractivity contribution in [1.29, 1.82) is 5.41 Å². The fourth-order valence-electron chi connectivity index (χ4n) is 4.07. The van der Waals surface area contributed by atoms with Gasteiger partial charge in [0.05, 0.1) is 7.11 Å². The van der Waals surface area contributed by atoms with Crippen LogP contribution in [0.2, 0.25) is 0 Å². The van der Waals surface area contributed by atoms with Gasteiger partial charge in [0.15, 0.2) is 11.5 Å². The molecule has 0 aliphatic heterocycles. The molecule has 4 aromatic carbocycles. The normalized spacial score (nSPS) is 11.1. The predicted molar refractivity (Wildman–Crippen MR) is 144 cm³/mol. The molecule has 0 atom stereocenters. The number of hydrogen-bond donors (Lipinski definition) is 2. The van der Waals surface area contributed by atoms with Crippen LogP contribution in [0.5, 0.6) is 17.2 Å². The summed E-state index contributed by atoms with van der Waals surface area (Å²) in [7, 11) is 1.66. The van der Waals surface area contributed by atoms with E-state index >= 15 is 0 Å². The fourth-order valence-corrected chi connectivity index (χ4v) is 4.07. The van der Waals surface area contributed by atoms with Crippen molar-refractivity contribution in [2.75, 3.05) is 7.11 Å². The van der Waals surface area contributed by atoms with Crippen LogP contribution < -0.4 is 19.9 Å². The number of rotatable bonds is 10. The Morgan fingerprint density at radius 3 is 2.03 bits per heavy atom. The van der Waals surface area contributed by atoms with Crippen molar-refractivity contribution in [3.05, 3.63) is 125 Å². The SMILES string of the molecule is COc1ccc(C(C)(C)c2ccccc2)cc1OCc1cccc(COc2ccc(C(=N)N)cc2)c1. The van der Waals surface area contributed by atoms with Crippen LogP contribution in [0.15, 0.2) is 97.1 Å². The van der Waals surface area contributed by atoms with Crippen LogP contribution >= 0.6 is 0 Å². The third-order valence-electron chi connectivity index (χ3n) is 6.34. The van der Waals surface area contributed by atoms with Crippen LogP contribution in [0.1, 0.15) is 41.7 Å². The third-order valence-corrected chi connectivity index (χ3v) is 6.34. The molecule has 4 rings (SSSR count). The summed E-state index contributed by atoms with van der Waals surface area (Å²) in [6.07, 6.45) is 0. The first kappa shape index (κ1) is 24.9. The summed E-state index contributed by atoms with van der Waals surface area (Å²) in [6.45, 7) is 5.26. The van der Waals surface area contributed by atoms with E-state index in [1.54, 1.807) is 19.2 Å². The molecule has 0 bridgehead atoms. The van der Waals surface area contributed by atoms with E-state index in [1.807, 2.05) is 42.5 Å². The lowest BCUT2D eigenvalue weighted by Crippen LogP contribution is -2.19. The molecule has 0 unspecified atom stereocenters. The molecule has 0 aromatic heterocycles. The van der Waals surface area contributed by atoms with Crippen molar-refractivity contribution < 1.29 is 14.2 Å². The zero-order valence-corrected chi connectivity index (χ0v) is 21.0. The van der Waals surface area contributed by atoms with E-state index in [2.05, 4.69) is 56.3 Å². The van der Waals surface area contributed by atoms with Crippen molar-refractivity contribution in [1.82, 2.24) is 0 Å². The highest BCUT2D eigenvalue weighted by Gasteiger charge is 2.24. The molecule has 5 nitrogen and oxygen atoms in total. The number of amidine groups is 1. The number of nitrogens with two attached hydrogens (primary N) is 1. The molecule has 4 aromatic rings. The van der Waals surface area contributed by atoms with Crippen molar-refractivity contribution in [2.24, 2.45) is 5.73 Å². The van der Waals surface area contributed by atoms with Gasteiger partial charge in [0.2, 0.25) is 0 Å². The smallest absolute Gasteiger partial charge is 0.161 e. The van der Waals surface area contributed by atoms with E-state index in [4.69, 9.17) is 25.4 Å². The molecule has 0 aliphatic carbocycles. The molecule has 0 aliphatic rings. The number of methoxy groups -OCH3 is 1. The second kappa shape index (κ2) is 11.0. The van der Waals surface area contributed by atoms with Gasteiger partial charge >= 0.3 is 0 Å². The summed E-state index contributed by atoms with van der Waals surface area (Å²) in [5.41, 5.74) is 10.5. The van der Waals surface area contributed by atoms with Crippen molar-refractivity contribution >= 4 is 5.84 Å². The van der Waals surface area contributed by atoms with E-state index in [1.165, 1.54) is 5.56 Å². The van der Waals surface area contributed by atoms with Gasteiger partial charge < -0.3 is 19.9 Å². The summed E-state index contributed by atoms with van der Waals surface area (Å²) in [5, 5.41) is 7.49. The summed E-state index contributed by atoms with van der Waals surface area (Å²) in [5.74, 6) is 2.19. The van der Waals surface area contributed by atoms with E-state index in [0.717, 1.165) is 22.4 Å². The largest absolute Gasteiger partial charge is 0.493 e. The summed E-state index contributed by atoms with van der Waals surface area (Å²) < 4.78 is 17.7. The molecule has 184 valence electrons. The van der Waals surface area contributed by atoms with Crippen molar-refractivity contribution in [3.63, 3.8) is 0 Å². The Morgan fingerprint density at radius 1 is 0.722 bits per heavy atom. The zero-order chi connectivity index (χ0) is 25.5. The summed E-state index contributed by atoms with van der Waals surface area (Å²) in [4.78, 5) is 0. The molecule has 36 heavy (non-hydrogen) atoms. The monoisotopic (exact) mass is 480 g/mol. The fraction of sp³-hybridized carbons (Fsp3) is 0.194. The van der Waals surface area contributed by atoms with E-state index < -0.39 is 0 Å². The predicted octanol–water partition coefficient (Wildman–Crippen LogP) is 6.46. The number of hydrogen-bond acceptors (Lipinski definition) is 4. The van der Waals surface area contributed by atoms with Crippen molar-refractivity contribution in [2.45, 2.75) is 32.5 Å². The van der Waals surface area contributed by atoms with E-state index in [0.29, 0.717) is 30.3 Å². The minimum Gasteiger partial charge on any atom is -0.493 e. The molecule has 0 heterocycles. The number of nitrogen functional groups attached to an aromatic ring is 1. The maximum atomic E-state index is 7.49. The molecular weight excluding hydrogens is 448 g/mol. The maximum absolute atomic E-state index is 7.49. The first-order valence-corrected chi connectivity index (χ1v) is 11.9. The number of nitrogens with one attached hydrogen (secondary N) is 1. The topological polar surface area (TPSA) is 77.6 Å². The minimum atomic E-state index is -0.175. The zero-order valence-electron chi connectivity index (χ0n) is 21.0. The van der Waals surface area contributed by atoms with Gasteiger partial charge in [-0.1, -0.05) is 68.4 Å². The average molecular weight is 481 g/mol. The van der Waals surface area contributed by atoms with E-state index in [9.17, 15) is 0 Å². The number of ether oxygens (including phenoxy) is 3.